The van der Waals surface area contributed by atoms with Gasteiger partial charge < -0.3 is 15.4 Å². The standard InChI is InChI=1S/C20H30N4O/c1-13(2)10-24(11-14(3)4)19-18(21)20(23-12-22-19)25-17-8-7-15(5)16(6)9-17/h7-9,12-14H,10-11,21H2,1-6H3. The second-order valence-electron chi connectivity index (χ2n) is 7.46. The first kappa shape index (κ1) is 19.0. The third-order valence-corrected chi connectivity index (χ3v) is 3.99. The highest BCUT2D eigenvalue weighted by Gasteiger charge is 2.18. The molecule has 0 amide bonds. The van der Waals surface area contributed by atoms with Crippen LogP contribution in [0.5, 0.6) is 11.6 Å². The van der Waals surface area contributed by atoms with Gasteiger partial charge in [-0.05, 0) is 48.9 Å². The summed E-state index contributed by atoms with van der Waals surface area (Å²) in [6, 6.07) is 5.97. The molecule has 0 aliphatic rings. The molecule has 5 heteroatoms. The number of ether oxygens (including phenoxy) is 1. The Morgan fingerprint density at radius 3 is 2.20 bits per heavy atom. The van der Waals surface area contributed by atoms with Crippen LogP contribution >= 0.6 is 0 Å². The summed E-state index contributed by atoms with van der Waals surface area (Å²) in [5, 5.41) is 0. The van der Waals surface area contributed by atoms with E-state index in [0.29, 0.717) is 23.4 Å². The van der Waals surface area contributed by atoms with Crippen LogP contribution in [-0.2, 0) is 0 Å². The van der Waals surface area contributed by atoms with Crippen molar-refractivity contribution in [1.29, 1.82) is 0 Å². The molecule has 1 aromatic heterocycles. The van der Waals surface area contributed by atoms with Crippen LogP contribution in [0.4, 0.5) is 11.5 Å². The van der Waals surface area contributed by atoms with E-state index in [-0.39, 0.29) is 0 Å². The van der Waals surface area contributed by atoms with Crippen molar-refractivity contribution in [3.8, 4) is 11.6 Å². The molecule has 0 radical (unpaired) electrons. The number of nitrogens with zero attached hydrogens (tertiary/aromatic N) is 3. The van der Waals surface area contributed by atoms with Gasteiger partial charge >= 0.3 is 0 Å². The number of aromatic nitrogens is 2. The van der Waals surface area contributed by atoms with E-state index in [1.165, 1.54) is 17.5 Å². The van der Waals surface area contributed by atoms with Gasteiger partial charge in [0.2, 0.25) is 5.88 Å². The zero-order chi connectivity index (χ0) is 18.6. The lowest BCUT2D eigenvalue weighted by atomic mass is 10.1. The fourth-order valence-electron chi connectivity index (χ4n) is 2.72. The predicted octanol–water partition coefficient (Wildman–Crippen LogP) is 4.59. The largest absolute Gasteiger partial charge is 0.437 e. The smallest absolute Gasteiger partial charge is 0.248 e. The fraction of sp³-hybridized carbons (Fsp3) is 0.500. The van der Waals surface area contributed by atoms with Gasteiger partial charge in [0.1, 0.15) is 17.8 Å². The molecule has 2 aromatic rings. The Bertz CT molecular complexity index is 703. The molecule has 5 nitrogen and oxygen atoms in total. The van der Waals surface area contributed by atoms with Crippen molar-refractivity contribution >= 4 is 11.5 Å². The number of anilines is 2. The summed E-state index contributed by atoms with van der Waals surface area (Å²) in [6.45, 7) is 14.7. The minimum atomic E-state index is 0.408. The minimum Gasteiger partial charge on any atom is -0.437 e. The average molecular weight is 342 g/mol. The number of nitrogens with two attached hydrogens (primary N) is 1. The molecule has 0 spiro atoms. The number of nitrogen functional groups attached to an aromatic ring is 1. The molecule has 2 rings (SSSR count). The predicted molar refractivity (Wildman–Crippen MR) is 104 cm³/mol. The summed E-state index contributed by atoms with van der Waals surface area (Å²) < 4.78 is 5.94. The highest BCUT2D eigenvalue weighted by Crippen LogP contribution is 2.32. The van der Waals surface area contributed by atoms with E-state index in [1.54, 1.807) is 0 Å². The normalized spacial score (nSPS) is 11.2. The summed E-state index contributed by atoms with van der Waals surface area (Å²) in [5.74, 6) is 2.91. The van der Waals surface area contributed by atoms with Gasteiger partial charge in [-0.2, -0.15) is 4.98 Å². The van der Waals surface area contributed by atoms with Crippen molar-refractivity contribution in [3.63, 3.8) is 0 Å². The van der Waals surface area contributed by atoms with Crippen LogP contribution in [-0.4, -0.2) is 23.1 Å². The maximum absolute atomic E-state index is 6.36. The van der Waals surface area contributed by atoms with Crippen LogP contribution in [0.1, 0.15) is 38.8 Å². The Kier molecular flexibility index (Phi) is 6.23. The van der Waals surface area contributed by atoms with Gasteiger partial charge in [0.25, 0.3) is 0 Å². The molecule has 0 saturated heterocycles. The highest BCUT2D eigenvalue weighted by molar-refractivity contribution is 5.68. The van der Waals surface area contributed by atoms with Crippen LogP contribution in [0.2, 0.25) is 0 Å². The van der Waals surface area contributed by atoms with E-state index in [0.717, 1.165) is 24.7 Å². The quantitative estimate of drug-likeness (QED) is 0.797. The highest BCUT2D eigenvalue weighted by atomic mass is 16.5. The Hall–Kier alpha value is -2.30. The second kappa shape index (κ2) is 8.19. The zero-order valence-corrected chi connectivity index (χ0v) is 16.2. The van der Waals surface area contributed by atoms with Gasteiger partial charge in [-0.15, -0.1) is 0 Å². The first-order valence-electron chi connectivity index (χ1n) is 8.88. The van der Waals surface area contributed by atoms with Crippen molar-refractivity contribution in [2.75, 3.05) is 23.7 Å². The fourth-order valence-corrected chi connectivity index (χ4v) is 2.72. The monoisotopic (exact) mass is 342 g/mol. The number of benzene rings is 1. The summed E-state index contributed by atoms with van der Waals surface area (Å²) in [4.78, 5) is 10.9. The molecule has 0 aliphatic heterocycles. The summed E-state index contributed by atoms with van der Waals surface area (Å²) >= 11 is 0. The van der Waals surface area contributed by atoms with E-state index in [2.05, 4.69) is 56.4 Å². The van der Waals surface area contributed by atoms with Crippen LogP contribution in [0.15, 0.2) is 24.5 Å². The first-order valence-corrected chi connectivity index (χ1v) is 8.88. The molecule has 1 aromatic carbocycles. The molecule has 0 bridgehead atoms. The molecule has 0 atom stereocenters. The van der Waals surface area contributed by atoms with Crippen LogP contribution in [0, 0.1) is 25.7 Å². The van der Waals surface area contributed by atoms with E-state index in [9.17, 15) is 0 Å². The number of rotatable bonds is 7. The lowest BCUT2D eigenvalue weighted by molar-refractivity contribution is 0.462. The molecular formula is C20H30N4O. The summed E-state index contributed by atoms with van der Waals surface area (Å²) in [5.41, 5.74) is 9.25. The Labute approximate surface area is 151 Å². The van der Waals surface area contributed by atoms with E-state index >= 15 is 0 Å². The van der Waals surface area contributed by atoms with Crippen molar-refractivity contribution in [3.05, 3.63) is 35.7 Å². The molecule has 25 heavy (non-hydrogen) atoms. The van der Waals surface area contributed by atoms with Crippen molar-refractivity contribution in [1.82, 2.24) is 9.97 Å². The summed E-state index contributed by atoms with van der Waals surface area (Å²) in [7, 11) is 0. The van der Waals surface area contributed by atoms with Crippen molar-refractivity contribution in [2.24, 2.45) is 11.8 Å². The average Bonchev–Trinajstić information content (AvgIpc) is 2.51. The molecular weight excluding hydrogens is 312 g/mol. The second-order valence-corrected chi connectivity index (χ2v) is 7.46. The zero-order valence-electron chi connectivity index (χ0n) is 16.2. The van der Waals surface area contributed by atoms with Gasteiger partial charge in [-0.1, -0.05) is 33.8 Å². The SMILES string of the molecule is Cc1ccc(Oc2ncnc(N(CC(C)C)CC(C)C)c2N)cc1C. The first-order chi connectivity index (χ1) is 11.8. The van der Waals surface area contributed by atoms with Gasteiger partial charge in [0.15, 0.2) is 5.82 Å². The third kappa shape index (κ3) is 5.08. The maximum Gasteiger partial charge on any atom is 0.248 e. The Balaban J connectivity index is 2.31. The summed E-state index contributed by atoms with van der Waals surface area (Å²) in [6.07, 6.45) is 1.52. The number of hydrogen-bond donors (Lipinski definition) is 1. The van der Waals surface area contributed by atoms with E-state index in [1.807, 2.05) is 18.2 Å². The molecule has 136 valence electrons. The molecule has 1 heterocycles. The maximum atomic E-state index is 6.36. The van der Waals surface area contributed by atoms with Gasteiger partial charge in [-0.25, -0.2) is 4.98 Å². The molecule has 0 saturated carbocycles. The van der Waals surface area contributed by atoms with Crippen LogP contribution in [0.25, 0.3) is 0 Å². The van der Waals surface area contributed by atoms with Gasteiger partial charge in [-0.3, -0.25) is 0 Å². The van der Waals surface area contributed by atoms with Crippen molar-refractivity contribution < 1.29 is 4.74 Å². The number of aryl methyl sites for hydroxylation is 2. The van der Waals surface area contributed by atoms with Crippen LogP contribution in [0.3, 0.4) is 0 Å². The van der Waals surface area contributed by atoms with E-state index < -0.39 is 0 Å². The molecule has 2 N–H and O–H groups in total. The molecule has 0 fully saturated rings. The Morgan fingerprint density at radius 1 is 1.00 bits per heavy atom. The van der Waals surface area contributed by atoms with Crippen molar-refractivity contribution in [2.45, 2.75) is 41.5 Å². The van der Waals surface area contributed by atoms with E-state index in [4.69, 9.17) is 10.5 Å². The Morgan fingerprint density at radius 2 is 1.64 bits per heavy atom. The minimum absolute atomic E-state index is 0.408. The lowest BCUT2D eigenvalue weighted by Gasteiger charge is -2.28. The third-order valence-electron chi connectivity index (χ3n) is 3.99. The topological polar surface area (TPSA) is 64.3 Å². The molecule has 0 unspecified atom stereocenters. The molecule has 0 aliphatic carbocycles. The lowest BCUT2D eigenvalue weighted by Crippen LogP contribution is -2.32. The van der Waals surface area contributed by atoms with Gasteiger partial charge in [0.05, 0.1) is 0 Å². The number of hydrogen-bond acceptors (Lipinski definition) is 5. The van der Waals surface area contributed by atoms with Crippen LogP contribution < -0.4 is 15.4 Å². The van der Waals surface area contributed by atoms with Gasteiger partial charge in [0, 0.05) is 13.1 Å².